The molecule has 0 aliphatic heterocycles. The van der Waals surface area contributed by atoms with E-state index >= 15 is 0 Å². The highest BCUT2D eigenvalue weighted by Gasteiger charge is 2.21. The van der Waals surface area contributed by atoms with E-state index in [2.05, 4.69) is 4.98 Å². The van der Waals surface area contributed by atoms with Gasteiger partial charge in [0.1, 0.15) is 11.8 Å². The van der Waals surface area contributed by atoms with Gasteiger partial charge in [0.15, 0.2) is 0 Å². The van der Waals surface area contributed by atoms with Gasteiger partial charge in [0.25, 0.3) is 5.91 Å². The first-order chi connectivity index (χ1) is 8.99. The summed E-state index contributed by atoms with van der Waals surface area (Å²) in [5, 5.41) is 17.5. The minimum Gasteiger partial charge on any atom is -0.481 e. The molecule has 1 aromatic rings. The number of nitrogens with zero attached hydrogens (tertiary/aromatic N) is 3. The lowest BCUT2D eigenvalue weighted by molar-refractivity contribution is -0.141. The molecule has 1 amide bonds. The van der Waals surface area contributed by atoms with Crippen molar-refractivity contribution in [1.82, 2.24) is 9.88 Å². The fourth-order valence-corrected chi connectivity index (χ4v) is 1.51. The molecular formula is C13H15N3O3. The second-order valence-electron chi connectivity index (χ2n) is 4.13. The van der Waals surface area contributed by atoms with Crippen molar-refractivity contribution in [2.24, 2.45) is 5.92 Å². The van der Waals surface area contributed by atoms with E-state index < -0.39 is 11.9 Å². The standard InChI is InChI=1S/C13H15N3O3/c1-3-16(8-9(2)13(18)19)12(17)11-5-4-10(6-14)7-15-11/h4-5,7,9H,3,8H2,1-2H3,(H,18,19). The first-order valence-corrected chi connectivity index (χ1v) is 5.87. The van der Waals surface area contributed by atoms with Crippen LogP contribution in [0.4, 0.5) is 0 Å². The van der Waals surface area contributed by atoms with E-state index in [-0.39, 0.29) is 18.1 Å². The maximum atomic E-state index is 12.1. The molecule has 100 valence electrons. The molecule has 0 aliphatic carbocycles. The minimum absolute atomic E-state index is 0.131. The summed E-state index contributed by atoms with van der Waals surface area (Å²) in [6, 6.07) is 4.89. The Morgan fingerprint density at radius 1 is 1.53 bits per heavy atom. The van der Waals surface area contributed by atoms with E-state index in [0.717, 1.165) is 0 Å². The van der Waals surface area contributed by atoms with Crippen LogP contribution in [-0.4, -0.2) is 40.0 Å². The van der Waals surface area contributed by atoms with Crippen LogP contribution in [0.15, 0.2) is 18.3 Å². The molecule has 19 heavy (non-hydrogen) atoms. The zero-order valence-electron chi connectivity index (χ0n) is 10.8. The molecule has 1 heterocycles. The summed E-state index contributed by atoms with van der Waals surface area (Å²) in [4.78, 5) is 28.3. The van der Waals surface area contributed by atoms with Crippen molar-refractivity contribution in [3.05, 3.63) is 29.6 Å². The Morgan fingerprint density at radius 2 is 2.21 bits per heavy atom. The number of carbonyl (C=O) groups excluding carboxylic acids is 1. The summed E-state index contributed by atoms with van der Waals surface area (Å²) in [7, 11) is 0. The molecule has 6 nitrogen and oxygen atoms in total. The summed E-state index contributed by atoms with van der Waals surface area (Å²) in [5.74, 6) is -1.92. The molecule has 0 spiro atoms. The van der Waals surface area contributed by atoms with Crippen LogP contribution in [0.2, 0.25) is 0 Å². The lowest BCUT2D eigenvalue weighted by Gasteiger charge is -2.22. The zero-order chi connectivity index (χ0) is 14.4. The van der Waals surface area contributed by atoms with E-state index in [0.29, 0.717) is 12.1 Å². The maximum Gasteiger partial charge on any atom is 0.308 e. The number of aliphatic carboxylic acids is 1. The van der Waals surface area contributed by atoms with E-state index in [9.17, 15) is 9.59 Å². The monoisotopic (exact) mass is 261 g/mol. The minimum atomic E-state index is -0.945. The molecule has 1 unspecified atom stereocenters. The highest BCUT2D eigenvalue weighted by atomic mass is 16.4. The first kappa shape index (κ1) is 14.6. The molecule has 0 aliphatic rings. The summed E-state index contributed by atoms with van der Waals surface area (Å²) < 4.78 is 0. The van der Waals surface area contributed by atoms with Crippen LogP contribution in [0.5, 0.6) is 0 Å². The van der Waals surface area contributed by atoms with Crippen molar-refractivity contribution in [2.75, 3.05) is 13.1 Å². The quantitative estimate of drug-likeness (QED) is 0.857. The number of pyridine rings is 1. The highest BCUT2D eigenvalue weighted by molar-refractivity contribution is 5.92. The second-order valence-corrected chi connectivity index (χ2v) is 4.13. The fraction of sp³-hybridized carbons (Fsp3) is 0.385. The number of carboxylic acids is 1. The van der Waals surface area contributed by atoms with E-state index in [1.165, 1.54) is 23.2 Å². The van der Waals surface area contributed by atoms with Gasteiger partial charge in [-0.2, -0.15) is 5.26 Å². The van der Waals surface area contributed by atoms with Crippen molar-refractivity contribution >= 4 is 11.9 Å². The van der Waals surface area contributed by atoms with Crippen molar-refractivity contribution in [3.8, 4) is 6.07 Å². The summed E-state index contributed by atoms with van der Waals surface area (Å²) >= 11 is 0. The van der Waals surface area contributed by atoms with Gasteiger partial charge in [-0.05, 0) is 19.1 Å². The van der Waals surface area contributed by atoms with Crippen LogP contribution in [-0.2, 0) is 4.79 Å². The third-order valence-corrected chi connectivity index (χ3v) is 2.70. The third-order valence-electron chi connectivity index (χ3n) is 2.70. The van der Waals surface area contributed by atoms with E-state index in [4.69, 9.17) is 10.4 Å². The molecular weight excluding hydrogens is 246 g/mol. The molecule has 1 atom stereocenters. The van der Waals surface area contributed by atoms with E-state index in [1.807, 2.05) is 6.07 Å². The molecule has 0 aromatic carbocycles. The summed E-state index contributed by atoms with van der Waals surface area (Å²) in [6.07, 6.45) is 1.32. The number of carbonyl (C=O) groups is 2. The van der Waals surface area contributed by atoms with Gasteiger partial charge < -0.3 is 10.0 Å². The number of carboxylic acid groups (broad SMARTS) is 1. The number of amides is 1. The normalized spacial score (nSPS) is 11.4. The fourth-order valence-electron chi connectivity index (χ4n) is 1.51. The predicted molar refractivity (Wildman–Crippen MR) is 67.3 cm³/mol. The van der Waals surface area contributed by atoms with Crippen LogP contribution in [0.1, 0.15) is 29.9 Å². The van der Waals surface area contributed by atoms with Gasteiger partial charge in [0.05, 0.1) is 11.5 Å². The van der Waals surface area contributed by atoms with Crippen molar-refractivity contribution in [1.29, 1.82) is 5.26 Å². The Balaban J connectivity index is 2.83. The van der Waals surface area contributed by atoms with Crippen LogP contribution >= 0.6 is 0 Å². The summed E-state index contributed by atoms with van der Waals surface area (Å²) in [5.41, 5.74) is 0.581. The lowest BCUT2D eigenvalue weighted by Crippen LogP contribution is -2.37. The van der Waals surface area contributed by atoms with Crippen LogP contribution < -0.4 is 0 Å². The predicted octanol–water partition coefficient (Wildman–Crippen LogP) is 1.14. The number of hydrogen-bond donors (Lipinski definition) is 1. The van der Waals surface area contributed by atoms with Crippen LogP contribution in [0, 0.1) is 17.2 Å². The Hall–Kier alpha value is -2.42. The van der Waals surface area contributed by atoms with Gasteiger partial charge in [-0.15, -0.1) is 0 Å². The molecule has 0 radical (unpaired) electrons. The average molecular weight is 261 g/mol. The molecule has 0 bridgehead atoms. The van der Waals surface area contributed by atoms with E-state index in [1.54, 1.807) is 13.8 Å². The smallest absolute Gasteiger partial charge is 0.308 e. The second kappa shape index (κ2) is 6.50. The summed E-state index contributed by atoms with van der Waals surface area (Å²) in [6.45, 7) is 3.85. The average Bonchev–Trinajstić information content (AvgIpc) is 2.43. The number of nitriles is 1. The third kappa shape index (κ3) is 3.78. The topological polar surface area (TPSA) is 94.3 Å². The molecule has 0 fully saturated rings. The first-order valence-electron chi connectivity index (χ1n) is 5.87. The van der Waals surface area contributed by atoms with Gasteiger partial charge >= 0.3 is 5.97 Å². The highest BCUT2D eigenvalue weighted by Crippen LogP contribution is 2.07. The van der Waals surface area contributed by atoms with Gasteiger partial charge in [-0.3, -0.25) is 9.59 Å². The van der Waals surface area contributed by atoms with Crippen LogP contribution in [0.3, 0.4) is 0 Å². The molecule has 1 N–H and O–H groups in total. The van der Waals surface area contributed by atoms with Gasteiger partial charge in [-0.1, -0.05) is 6.92 Å². The number of hydrogen-bond acceptors (Lipinski definition) is 4. The molecule has 0 saturated heterocycles. The number of rotatable bonds is 5. The number of aromatic nitrogens is 1. The molecule has 1 aromatic heterocycles. The maximum absolute atomic E-state index is 12.1. The van der Waals surface area contributed by atoms with Gasteiger partial charge in [0.2, 0.25) is 0 Å². The van der Waals surface area contributed by atoms with Gasteiger partial charge in [-0.25, -0.2) is 4.98 Å². The molecule has 1 rings (SSSR count). The Morgan fingerprint density at radius 3 is 2.63 bits per heavy atom. The lowest BCUT2D eigenvalue weighted by atomic mass is 10.1. The van der Waals surface area contributed by atoms with Gasteiger partial charge in [0, 0.05) is 19.3 Å². The Kier molecular flexibility index (Phi) is 5.01. The largest absolute Gasteiger partial charge is 0.481 e. The van der Waals surface area contributed by atoms with Crippen molar-refractivity contribution in [2.45, 2.75) is 13.8 Å². The van der Waals surface area contributed by atoms with Crippen molar-refractivity contribution < 1.29 is 14.7 Å². The Labute approximate surface area is 111 Å². The van der Waals surface area contributed by atoms with Crippen molar-refractivity contribution in [3.63, 3.8) is 0 Å². The molecule has 6 heteroatoms. The Bertz CT molecular complexity index is 505. The van der Waals surface area contributed by atoms with Crippen LogP contribution in [0.25, 0.3) is 0 Å². The SMILES string of the molecule is CCN(CC(C)C(=O)O)C(=O)c1ccc(C#N)cn1. The zero-order valence-corrected chi connectivity index (χ0v) is 10.8. The molecule has 0 saturated carbocycles.